The van der Waals surface area contributed by atoms with Crippen LogP contribution in [-0.2, 0) is 20.9 Å². The average molecular weight is 467 g/mol. The second kappa shape index (κ2) is 10.3. The monoisotopic (exact) mass is 466 g/mol. The van der Waals surface area contributed by atoms with Crippen LogP contribution in [-0.4, -0.2) is 71.1 Å². The van der Waals surface area contributed by atoms with Crippen molar-refractivity contribution in [3.05, 3.63) is 65.7 Å². The van der Waals surface area contributed by atoms with Gasteiger partial charge in [0.15, 0.2) is 6.61 Å². The van der Waals surface area contributed by atoms with Crippen molar-refractivity contribution in [2.45, 2.75) is 31.9 Å². The standard InChI is InChI=1S/C26H30N2O6/c1-26(18-28(23(29)16-34-26)15-19-7-3-2-4-8-19)20-11-13-27(14-12-20)25(32)21-9-5-6-10-22(21)33-17-24(30)31/h2-10,20H,11-18H2,1H3,(H,30,31). The number of carboxylic acid groups (broad SMARTS) is 1. The highest BCUT2D eigenvalue weighted by Gasteiger charge is 2.43. The predicted molar refractivity (Wildman–Crippen MR) is 124 cm³/mol. The zero-order valence-electron chi connectivity index (χ0n) is 19.3. The van der Waals surface area contributed by atoms with Gasteiger partial charge in [0.2, 0.25) is 5.91 Å². The number of hydrogen-bond acceptors (Lipinski definition) is 5. The van der Waals surface area contributed by atoms with Crippen LogP contribution >= 0.6 is 0 Å². The summed E-state index contributed by atoms with van der Waals surface area (Å²) in [6, 6.07) is 16.6. The lowest BCUT2D eigenvalue weighted by Crippen LogP contribution is -2.58. The van der Waals surface area contributed by atoms with Crippen LogP contribution in [0.4, 0.5) is 0 Å². The first-order chi connectivity index (χ1) is 16.4. The van der Waals surface area contributed by atoms with Gasteiger partial charge in [-0.2, -0.15) is 0 Å². The molecule has 8 heteroatoms. The van der Waals surface area contributed by atoms with Gasteiger partial charge in [-0.05, 0) is 43.4 Å². The molecule has 180 valence electrons. The number of hydrogen-bond donors (Lipinski definition) is 1. The Balaban J connectivity index is 1.38. The zero-order chi connectivity index (χ0) is 24.1. The molecule has 2 aromatic rings. The van der Waals surface area contributed by atoms with Crippen molar-refractivity contribution in [2.75, 3.05) is 32.8 Å². The van der Waals surface area contributed by atoms with Crippen LogP contribution < -0.4 is 4.74 Å². The third kappa shape index (κ3) is 5.39. The molecule has 34 heavy (non-hydrogen) atoms. The molecule has 1 atom stereocenters. The van der Waals surface area contributed by atoms with Crippen LogP contribution in [0.25, 0.3) is 0 Å². The topological polar surface area (TPSA) is 96.4 Å². The number of nitrogens with zero attached hydrogens (tertiary/aromatic N) is 2. The number of carbonyl (C=O) groups is 3. The summed E-state index contributed by atoms with van der Waals surface area (Å²) in [6.07, 6.45) is 1.52. The summed E-state index contributed by atoms with van der Waals surface area (Å²) in [4.78, 5) is 40.1. The summed E-state index contributed by atoms with van der Waals surface area (Å²) in [7, 11) is 0. The van der Waals surface area contributed by atoms with Gasteiger partial charge < -0.3 is 24.4 Å². The van der Waals surface area contributed by atoms with E-state index in [1.54, 1.807) is 29.2 Å². The van der Waals surface area contributed by atoms with Crippen LogP contribution in [0, 0.1) is 5.92 Å². The van der Waals surface area contributed by atoms with Gasteiger partial charge in [0.1, 0.15) is 12.4 Å². The molecule has 4 rings (SSSR count). The lowest BCUT2D eigenvalue weighted by atomic mass is 9.80. The van der Waals surface area contributed by atoms with E-state index in [0.29, 0.717) is 31.7 Å². The van der Waals surface area contributed by atoms with E-state index in [1.807, 2.05) is 35.2 Å². The number of morpholine rings is 1. The van der Waals surface area contributed by atoms with Gasteiger partial charge >= 0.3 is 5.97 Å². The largest absolute Gasteiger partial charge is 0.481 e. The highest BCUT2D eigenvalue weighted by molar-refractivity contribution is 5.97. The first-order valence-corrected chi connectivity index (χ1v) is 11.5. The van der Waals surface area contributed by atoms with Crippen molar-refractivity contribution in [1.29, 1.82) is 0 Å². The minimum absolute atomic E-state index is 0.00749. The van der Waals surface area contributed by atoms with Gasteiger partial charge in [-0.25, -0.2) is 4.79 Å². The quantitative estimate of drug-likeness (QED) is 0.674. The highest BCUT2D eigenvalue weighted by atomic mass is 16.5. The van der Waals surface area contributed by atoms with Crippen LogP contribution in [0.2, 0.25) is 0 Å². The molecule has 2 aliphatic rings. The molecule has 2 heterocycles. The summed E-state index contributed by atoms with van der Waals surface area (Å²) in [6.45, 7) is 3.82. The third-order valence-electron chi connectivity index (χ3n) is 6.71. The molecule has 1 unspecified atom stereocenters. The number of likely N-dealkylation sites (tertiary alicyclic amines) is 1. The van der Waals surface area contributed by atoms with Gasteiger partial charge in [0.25, 0.3) is 5.91 Å². The van der Waals surface area contributed by atoms with Crippen LogP contribution in [0.1, 0.15) is 35.7 Å². The van der Waals surface area contributed by atoms with E-state index in [-0.39, 0.29) is 30.1 Å². The van der Waals surface area contributed by atoms with E-state index in [0.717, 1.165) is 18.4 Å². The highest BCUT2D eigenvalue weighted by Crippen LogP contribution is 2.35. The molecule has 2 fully saturated rings. The summed E-state index contributed by atoms with van der Waals surface area (Å²) >= 11 is 0. The Morgan fingerprint density at radius 1 is 1.09 bits per heavy atom. The van der Waals surface area contributed by atoms with E-state index < -0.39 is 18.2 Å². The molecular formula is C26H30N2O6. The molecule has 8 nitrogen and oxygen atoms in total. The lowest BCUT2D eigenvalue weighted by molar-refractivity contribution is -0.173. The number of carbonyl (C=O) groups excluding carboxylic acids is 2. The Morgan fingerprint density at radius 2 is 1.76 bits per heavy atom. The van der Waals surface area contributed by atoms with Crippen LogP contribution in [0.5, 0.6) is 5.75 Å². The van der Waals surface area contributed by atoms with Crippen molar-refractivity contribution in [1.82, 2.24) is 9.80 Å². The fourth-order valence-corrected chi connectivity index (χ4v) is 4.80. The predicted octanol–water partition coefficient (Wildman–Crippen LogP) is 2.82. The van der Waals surface area contributed by atoms with Gasteiger partial charge in [-0.1, -0.05) is 42.5 Å². The Labute approximate surface area is 199 Å². The Hall–Kier alpha value is -3.39. The van der Waals surface area contributed by atoms with Gasteiger partial charge in [0.05, 0.1) is 17.7 Å². The van der Waals surface area contributed by atoms with Crippen molar-refractivity contribution < 1.29 is 29.0 Å². The van der Waals surface area contributed by atoms with Crippen molar-refractivity contribution in [2.24, 2.45) is 5.92 Å². The van der Waals surface area contributed by atoms with Crippen LogP contribution in [0.3, 0.4) is 0 Å². The number of amides is 2. The zero-order valence-corrected chi connectivity index (χ0v) is 19.3. The fraction of sp³-hybridized carbons (Fsp3) is 0.423. The van der Waals surface area contributed by atoms with Crippen molar-refractivity contribution >= 4 is 17.8 Å². The summed E-state index contributed by atoms with van der Waals surface area (Å²) in [5, 5.41) is 8.89. The number of piperidine rings is 1. The number of aliphatic carboxylic acids is 1. The third-order valence-corrected chi connectivity index (χ3v) is 6.71. The molecule has 0 aliphatic carbocycles. The van der Waals surface area contributed by atoms with E-state index in [2.05, 4.69) is 6.92 Å². The second-order valence-corrected chi connectivity index (χ2v) is 9.08. The number of benzene rings is 2. The molecule has 0 bridgehead atoms. The molecule has 0 spiro atoms. The fourth-order valence-electron chi connectivity index (χ4n) is 4.80. The maximum Gasteiger partial charge on any atom is 0.341 e. The Morgan fingerprint density at radius 3 is 2.47 bits per heavy atom. The SMILES string of the molecule is CC1(C2CCN(C(=O)c3ccccc3OCC(=O)O)CC2)CN(Cc2ccccc2)C(=O)CO1. The molecule has 1 N–H and O–H groups in total. The van der Waals surface area contributed by atoms with E-state index in [1.165, 1.54) is 0 Å². The van der Waals surface area contributed by atoms with Crippen molar-refractivity contribution in [3.8, 4) is 5.75 Å². The van der Waals surface area contributed by atoms with Gasteiger partial charge in [-0.15, -0.1) is 0 Å². The Kier molecular flexibility index (Phi) is 7.17. The maximum atomic E-state index is 13.1. The number of para-hydroxylation sites is 1. The molecule has 2 aliphatic heterocycles. The Bertz CT molecular complexity index is 1030. The summed E-state index contributed by atoms with van der Waals surface area (Å²) in [5.41, 5.74) is 0.978. The normalized spacial score (nSPS) is 21.4. The van der Waals surface area contributed by atoms with E-state index in [9.17, 15) is 14.4 Å². The number of ether oxygens (including phenoxy) is 2. The first-order valence-electron chi connectivity index (χ1n) is 11.5. The minimum atomic E-state index is -1.09. The molecule has 0 radical (unpaired) electrons. The molecular weight excluding hydrogens is 436 g/mol. The van der Waals surface area contributed by atoms with Gasteiger partial charge in [0, 0.05) is 19.6 Å². The lowest BCUT2D eigenvalue weighted by Gasteiger charge is -2.47. The van der Waals surface area contributed by atoms with Gasteiger partial charge in [-0.3, -0.25) is 9.59 Å². The summed E-state index contributed by atoms with van der Waals surface area (Å²) < 4.78 is 11.4. The molecule has 0 saturated carbocycles. The molecule has 2 amide bonds. The van der Waals surface area contributed by atoms with E-state index in [4.69, 9.17) is 14.6 Å². The smallest absolute Gasteiger partial charge is 0.341 e. The number of carboxylic acids is 1. The second-order valence-electron chi connectivity index (χ2n) is 9.08. The average Bonchev–Trinajstić information content (AvgIpc) is 2.85. The minimum Gasteiger partial charge on any atom is -0.481 e. The first kappa shape index (κ1) is 23.8. The molecule has 2 aromatic carbocycles. The maximum absolute atomic E-state index is 13.1. The van der Waals surface area contributed by atoms with Crippen LogP contribution in [0.15, 0.2) is 54.6 Å². The van der Waals surface area contributed by atoms with E-state index >= 15 is 0 Å². The summed E-state index contributed by atoms with van der Waals surface area (Å²) in [5.74, 6) is -0.790. The molecule has 2 saturated heterocycles. The number of rotatable bonds is 7. The van der Waals surface area contributed by atoms with Crippen molar-refractivity contribution in [3.63, 3.8) is 0 Å². The molecule has 0 aromatic heterocycles.